The lowest BCUT2D eigenvalue weighted by Gasteiger charge is -2.01. The Morgan fingerprint density at radius 3 is 2.58 bits per heavy atom. The highest BCUT2D eigenvalue weighted by molar-refractivity contribution is 7.13. The summed E-state index contributed by atoms with van der Waals surface area (Å²) in [5, 5.41) is 8.67. The van der Waals surface area contributed by atoms with Crippen molar-refractivity contribution in [3.8, 4) is 10.7 Å². The molecule has 0 amide bonds. The monoisotopic (exact) mass is 277 g/mol. The van der Waals surface area contributed by atoms with Crippen molar-refractivity contribution in [3.63, 3.8) is 0 Å². The molecule has 3 rings (SSSR count). The van der Waals surface area contributed by atoms with Gasteiger partial charge in [-0.25, -0.2) is 13.8 Å². The smallest absolute Gasteiger partial charge is 0.191 e. The van der Waals surface area contributed by atoms with Crippen LogP contribution in [0.1, 0.15) is 11.4 Å². The number of aromatic nitrogens is 3. The largest absolute Gasteiger partial charge is 0.262 e. The summed E-state index contributed by atoms with van der Waals surface area (Å²) in [6, 6.07) is 7.59. The molecule has 2 heterocycles. The number of thiophene rings is 1. The highest BCUT2D eigenvalue weighted by Gasteiger charge is 2.13. The normalized spacial score (nSPS) is 10.8. The van der Waals surface area contributed by atoms with E-state index in [0.717, 1.165) is 4.88 Å². The minimum atomic E-state index is -0.575. The van der Waals surface area contributed by atoms with Crippen LogP contribution in [-0.4, -0.2) is 15.2 Å². The second kappa shape index (κ2) is 4.89. The first kappa shape index (κ1) is 12.0. The Balaban J connectivity index is 1.88. The maximum absolute atomic E-state index is 13.5. The van der Waals surface area contributed by atoms with Gasteiger partial charge in [0.05, 0.1) is 4.88 Å². The van der Waals surface area contributed by atoms with Gasteiger partial charge in [0.25, 0.3) is 0 Å². The summed E-state index contributed by atoms with van der Waals surface area (Å²) in [6.45, 7) is 0. The molecule has 96 valence electrons. The van der Waals surface area contributed by atoms with E-state index in [-0.39, 0.29) is 12.0 Å². The number of nitrogens with one attached hydrogen (secondary N) is 1. The second-order valence-electron chi connectivity index (χ2n) is 3.96. The standard InChI is InChI=1S/C13H9F2N3S/c14-9-3-1-4-10(15)8(9)7-12-16-13(18-17-12)11-5-2-6-19-11/h1-6H,7H2,(H,16,17,18). The minimum Gasteiger partial charge on any atom is -0.262 e. The molecule has 0 aliphatic rings. The quantitative estimate of drug-likeness (QED) is 0.797. The molecule has 0 aliphatic carbocycles. The fourth-order valence-corrected chi connectivity index (χ4v) is 2.42. The van der Waals surface area contributed by atoms with E-state index in [1.807, 2.05) is 17.5 Å². The molecule has 2 aromatic heterocycles. The number of hydrogen-bond donors (Lipinski definition) is 1. The third kappa shape index (κ3) is 2.39. The van der Waals surface area contributed by atoms with Crippen LogP contribution < -0.4 is 0 Å². The Bertz CT molecular complexity index is 671. The summed E-state index contributed by atoms with van der Waals surface area (Å²) < 4.78 is 27.0. The van der Waals surface area contributed by atoms with Crippen molar-refractivity contribution in [1.82, 2.24) is 15.2 Å². The fourth-order valence-electron chi connectivity index (χ4n) is 1.76. The van der Waals surface area contributed by atoms with E-state index in [9.17, 15) is 8.78 Å². The predicted molar refractivity (Wildman–Crippen MR) is 68.9 cm³/mol. The highest BCUT2D eigenvalue weighted by atomic mass is 32.1. The average molecular weight is 277 g/mol. The van der Waals surface area contributed by atoms with Crippen LogP contribution in [0.4, 0.5) is 8.78 Å². The Morgan fingerprint density at radius 2 is 1.89 bits per heavy atom. The molecule has 0 bridgehead atoms. The third-order valence-corrected chi connectivity index (χ3v) is 3.55. The number of hydrogen-bond acceptors (Lipinski definition) is 3. The van der Waals surface area contributed by atoms with Crippen LogP contribution in [0.2, 0.25) is 0 Å². The number of halogens is 2. The second-order valence-corrected chi connectivity index (χ2v) is 4.91. The minimum absolute atomic E-state index is 0.00335. The molecule has 6 heteroatoms. The lowest BCUT2D eigenvalue weighted by atomic mass is 10.1. The molecule has 0 spiro atoms. The zero-order valence-corrected chi connectivity index (χ0v) is 10.5. The van der Waals surface area contributed by atoms with E-state index < -0.39 is 11.6 Å². The number of rotatable bonds is 3. The molecule has 3 aromatic rings. The van der Waals surface area contributed by atoms with Crippen LogP contribution in [0.25, 0.3) is 10.7 Å². The van der Waals surface area contributed by atoms with Crippen molar-refractivity contribution in [2.75, 3.05) is 0 Å². The fraction of sp³-hybridized carbons (Fsp3) is 0.0769. The summed E-state index contributed by atoms with van der Waals surface area (Å²) in [6.07, 6.45) is 0.0525. The van der Waals surface area contributed by atoms with Crippen molar-refractivity contribution < 1.29 is 8.78 Å². The van der Waals surface area contributed by atoms with Crippen molar-refractivity contribution in [3.05, 3.63) is 58.7 Å². The zero-order valence-electron chi connectivity index (χ0n) is 9.73. The van der Waals surface area contributed by atoms with Gasteiger partial charge in [-0.1, -0.05) is 12.1 Å². The Hall–Kier alpha value is -2.08. The molecule has 0 aliphatic heterocycles. The van der Waals surface area contributed by atoms with E-state index in [0.29, 0.717) is 11.6 Å². The van der Waals surface area contributed by atoms with Crippen LogP contribution in [0, 0.1) is 11.6 Å². The average Bonchev–Trinajstić information content (AvgIpc) is 3.04. The Kier molecular flexibility index (Phi) is 3.08. The van der Waals surface area contributed by atoms with Crippen molar-refractivity contribution >= 4 is 11.3 Å². The van der Waals surface area contributed by atoms with Gasteiger partial charge in [0.15, 0.2) is 5.82 Å². The van der Waals surface area contributed by atoms with Crippen LogP contribution in [0.15, 0.2) is 35.7 Å². The topological polar surface area (TPSA) is 41.6 Å². The van der Waals surface area contributed by atoms with E-state index >= 15 is 0 Å². The van der Waals surface area contributed by atoms with Crippen LogP contribution in [0.3, 0.4) is 0 Å². The first-order valence-corrected chi connectivity index (χ1v) is 6.50. The van der Waals surface area contributed by atoms with Crippen LogP contribution >= 0.6 is 11.3 Å². The van der Waals surface area contributed by atoms with Crippen molar-refractivity contribution in [1.29, 1.82) is 0 Å². The van der Waals surface area contributed by atoms with Gasteiger partial charge in [0, 0.05) is 12.0 Å². The SMILES string of the molecule is Fc1cccc(F)c1Cc1nc(-c2cccs2)n[nH]1. The van der Waals surface area contributed by atoms with Gasteiger partial charge in [0.1, 0.15) is 17.5 Å². The molecule has 3 nitrogen and oxygen atoms in total. The number of H-pyrrole nitrogens is 1. The number of aromatic amines is 1. The van der Waals surface area contributed by atoms with Gasteiger partial charge in [-0.3, -0.25) is 5.10 Å². The van der Waals surface area contributed by atoms with E-state index in [4.69, 9.17) is 0 Å². The van der Waals surface area contributed by atoms with Crippen LogP contribution in [-0.2, 0) is 6.42 Å². The summed E-state index contributed by atoms with van der Waals surface area (Å²) >= 11 is 1.51. The molecular formula is C13H9F2N3S. The molecule has 19 heavy (non-hydrogen) atoms. The van der Waals surface area contributed by atoms with Crippen LogP contribution in [0.5, 0.6) is 0 Å². The van der Waals surface area contributed by atoms with E-state index in [1.165, 1.54) is 29.5 Å². The summed E-state index contributed by atoms with van der Waals surface area (Å²) in [5.41, 5.74) is -0.00335. The molecule has 1 N–H and O–H groups in total. The lowest BCUT2D eigenvalue weighted by molar-refractivity contribution is 0.559. The van der Waals surface area contributed by atoms with Crippen molar-refractivity contribution in [2.45, 2.75) is 6.42 Å². The lowest BCUT2D eigenvalue weighted by Crippen LogP contribution is -1.98. The summed E-state index contributed by atoms with van der Waals surface area (Å²) in [5.74, 6) is -0.169. The van der Waals surface area contributed by atoms with Gasteiger partial charge in [0.2, 0.25) is 0 Å². The summed E-state index contributed by atoms with van der Waals surface area (Å²) in [4.78, 5) is 5.15. The summed E-state index contributed by atoms with van der Waals surface area (Å²) in [7, 11) is 0. The van der Waals surface area contributed by atoms with Gasteiger partial charge in [-0.05, 0) is 23.6 Å². The van der Waals surface area contributed by atoms with E-state index in [2.05, 4.69) is 15.2 Å². The van der Waals surface area contributed by atoms with Gasteiger partial charge >= 0.3 is 0 Å². The molecule has 0 fully saturated rings. The number of benzene rings is 1. The van der Waals surface area contributed by atoms with E-state index in [1.54, 1.807) is 0 Å². The van der Waals surface area contributed by atoms with Gasteiger partial charge in [-0.15, -0.1) is 11.3 Å². The number of nitrogens with zero attached hydrogens (tertiary/aromatic N) is 2. The maximum atomic E-state index is 13.5. The molecule has 1 aromatic carbocycles. The first-order valence-electron chi connectivity index (χ1n) is 5.62. The zero-order chi connectivity index (χ0) is 13.2. The first-order chi connectivity index (χ1) is 9.24. The van der Waals surface area contributed by atoms with Gasteiger partial charge in [-0.2, -0.15) is 5.10 Å². The van der Waals surface area contributed by atoms with Gasteiger partial charge < -0.3 is 0 Å². The third-order valence-electron chi connectivity index (χ3n) is 2.68. The molecule has 0 atom stereocenters. The molecule has 0 saturated carbocycles. The van der Waals surface area contributed by atoms with Crippen molar-refractivity contribution in [2.24, 2.45) is 0 Å². The molecule has 0 radical (unpaired) electrons. The molecular weight excluding hydrogens is 268 g/mol. The molecule has 0 unspecified atom stereocenters. The Morgan fingerprint density at radius 1 is 1.11 bits per heavy atom. The maximum Gasteiger partial charge on any atom is 0.191 e. The highest BCUT2D eigenvalue weighted by Crippen LogP contribution is 2.21. The Labute approximate surface area is 111 Å². The predicted octanol–water partition coefficient (Wildman–Crippen LogP) is 3.40. The molecule has 0 saturated heterocycles.